The molecule has 74 valence electrons. The van der Waals surface area contributed by atoms with E-state index in [-0.39, 0.29) is 5.91 Å². The number of nitrogens with one attached hydrogen (secondary N) is 1. The van der Waals surface area contributed by atoms with Crippen LogP contribution in [0, 0.1) is 19.3 Å². The number of aromatic nitrogens is 2. The summed E-state index contributed by atoms with van der Waals surface area (Å²) >= 11 is 0. The van der Waals surface area contributed by atoms with Crippen molar-refractivity contribution in [1.82, 2.24) is 15.1 Å². The molecule has 0 bridgehead atoms. The van der Waals surface area contributed by atoms with Crippen molar-refractivity contribution in [2.45, 2.75) is 13.3 Å². The maximum absolute atomic E-state index is 11.5. The third-order valence-corrected chi connectivity index (χ3v) is 1.81. The van der Waals surface area contributed by atoms with Crippen LogP contribution in [0.2, 0.25) is 0 Å². The number of carbonyl (C=O) groups is 1. The fraction of sp³-hybridized carbons (Fsp3) is 0.400. The number of amides is 1. The molecule has 1 rings (SSSR count). The van der Waals surface area contributed by atoms with Crippen molar-refractivity contribution in [2.24, 2.45) is 7.05 Å². The number of hydrogen-bond donors (Lipinski definition) is 1. The molecular weight excluding hydrogens is 178 g/mol. The predicted molar refractivity (Wildman–Crippen MR) is 53.7 cm³/mol. The summed E-state index contributed by atoms with van der Waals surface area (Å²) in [7, 11) is 1.78. The highest BCUT2D eigenvalue weighted by Gasteiger charge is 2.10. The highest BCUT2D eigenvalue weighted by Crippen LogP contribution is 2.03. The van der Waals surface area contributed by atoms with Crippen LogP contribution in [0.3, 0.4) is 0 Å². The Morgan fingerprint density at radius 3 is 3.00 bits per heavy atom. The van der Waals surface area contributed by atoms with Gasteiger partial charge >= 0.3 is 0 Å². The first-order valence-corrected chi connectivity index (χ1v) is 4.37. The number of terminal acetylenes is 1. The van der Waals surface area contributed by atoms with E-state index in [4.69, 9.17) is 6.42 Å². The molecule has 0 atom stereocenters. The normalized spacial score (nSPS) is 9.50. The molecule has 1 amide bonds. The van der Waals surface area contributed by atoms with E-state index in [0.717, 1.165) is 5.69 Å². The maximum Gasteiger partial charge on any atom is 0.254 e. The van der Waals surface area contributed by atoms with Crippen LogP contribution in [0.4, 0.5) is 0 Å². The molecule has 0 radical (unpaired) electrons. The first-order valence-electron chi connectivity index (χ1n) is 4.37. The first kappa shape index (κ1) is 10.3. The van der Waals surface area contributed by atoms with Crippen LogP contribution in [0.1, 0.15) is 22.5 Å². The smallest absolute Gasteiger partial charge is 0.254 e. The lowest BCUT2D eigenvalue weighted by Gasteiger charge is -2.00. The Kier molecular flexibility index (Phi) is 3.29. The molecule has 0 aromatic carbocycles. The van der Waals surface area contributed by atoms with Crippen molar-refractivity contribution in [1.29, 1.82) is 0 Å². The Labute approximate surface area is 83.3 Å². The Morgan fingerprint density at radius 2 is 2.50 bits per heavy atom. The van der Waals surface area contributed by atoms with Crippen LogP contribution in [0.15, 0.2) is 6.20 Å². The lowest BCUT2D eigenvalue weighted by Crippen LogP contribution is -2.24. The number of carbonyl (C=O) groups excluding carboxylic acids is 1. The predicted octanol–water partition coefficient (Wildman–Crippen LogP) is 0.482. The summed E-state index contributed by atoms with van der Waals surface area (Å²) in [4.78, 5) is 11.5. The minimum Gasteiger partial charge on any atom is -0.351 e. The molecule has 14 heavy (non-hydrogen) atoms. The Hall–Kier alpha value is -1.76. The van der Waals surface area contributed by atoms with Gasteiger partial charge in [-0.1, -0.05) is 0 Å². The van der Waals surface area contributed by atoms with Crippen LogP contribution in [0.25, 0.3) is 0 Å². The molecule has 4 heteroatoms. The first-order chi connectivity index (χ1) is 6.65. The second-order valence-electron chi connectivity index (χ2n) is 3.01. The third-order valence-electron chi connectivity index (χ3n) is 1.81. The van der Waals surface area contributed by atoms with Gasteiger partial charge in [-0.05, 0) is 6.92 Å². The van der Waals surface area contributed by atoms with Gasteiger partial charge < -0.3 is 5.32 Å². The summed E-state index contributed by atoms with van der Waals surface area (Å²) in [6, 6.07) is 0. The minimum atomic E-state index is -0.120. The van der Waals surface area contributed by atoms with Crippen molar-refractivity contribution in [3.63, 3.8) is 0 Å². The number of hydrogen-bond acceptors (Lipinski definition) is 2. The standard InChI is InChI=1S/C10H13N3O/c1-4-5-6-11-10(14)9-7-13(3)12-8(9)2/h1,7H,5-6H2,2-3H3,(H,11,14). The minimum absolute atomic E-state index is 0.120. The van der Waals surface area contributed by atoms with Gasteiger partial charge in [-0.15, -0.1) is 12.3 Å². The SMILES string of the molecule is C#CCCNC(=O)c1cn(C)nc1C. The van der Waals surface area contributed by atoms with Crippen molar-refractivity contribution in [3.05, 3.63) is 17.5 Å². The summed E-state index contributed by atoms with van der Waals surface area (Å²) in [5, 5.41) is 6.80. The van der Waals surface area contributed by atoms with Gasteiger partial charge in [0.1, 0.15) is 0 Å². The second-order valence-corrected chi connectivity index (χ2v) is 3.01. The van der Waals surface area contributed by atoms with Gasteiger partial charge in [-0.2, -0.15) is 5.10 Å². The summed E-state index contributed by atoms with van der Waals surface area (Å²) in [5.41, 5.74) is 1.33. The summed E-state index contributed by atoms with van der Waals surface area (Å²) in [6.07, 6.45) is 7.31. The highest BCUT2D eigenvalue weighted by molar-refractivity contribution is 5.94. The van der Waals surface area contributed by atoms with Crippen molar-refractivity contribution in [2.75, 3.05) is 6.54 Å². The van der Waals surface area contributed by atoms with Gasteiger partial charge in [-0.3, -0.25) is 9.48 Å². The van der Waals surface area contributed by atoms with Gasteiger partial charge in [0.25, 0.3) is 5.91 Å². The molecule has 1 heterocycles. The fourth-order valence-electron chi connectivity index (χ4n) is 1.17. The van der Waals surface area contributed by atoms with Crippen molar-refractivity contribution >= 4 is 5.91 Å². The van der Waals surface area contributed by atoms with E-state index < -0.39 is 0 Å². The van der Waals surface area contributed by atoms with Crippen LogP contribution < -0.4 is 5.32 Å². The Morgan fingerprint density at radius 1 is 1.79 bits per heavy atom. The van der Waals surface area contributed by atoms with Gasteiger partial charge in [0.2, 0.25) is 0 Å². The van der Waals surface area contributed by atoms with Crippen molar-refractivity contribution in [3.8, 4) is 12.3 Å². The molecule has 4 nitrogen and oxygen atoms in total. The zero-order valence-corrected chi connectivity index (χ0v) is 8.37. The second kappa shape index (κ2) is 4.47. The molecule has 0 fully saturated rings. The van der Waals surface area contributed by atoms with Crippen LogP contribution >= 0.6 is 0 Å². The number of rotatable bonds is 3. The molecule has 1 aromatic heterocycles. The van der Waals surface area contributed by atoms with Gasteiger partial charge in [0.15, 0.2) is 0 Å². The zero-order chi connectivity index (χ0) is 10.6. The van der Waals surface area contributed by atoms with E-state index in [2.05, 4.69) is 16.3 Å². The maximum atomic E-state index is 11.5. The van der Waals surface area contributed by atoms with E-state index >= 15 is 0 Å². The zero-order valence-electron chi connectivity index (χ0n) is 8.37. The van der Waals surface area contributed by atoms with E-state index in [1.807, 2.05) is 0 Å². The largest absolute Gasteiger partial charge is 0.351 e. The average molecular weight is 191 g/mol. The lowest BCUT2D eigenvalue weighted by molar-refractivity contribution is 0.0954. The molecular formula is C10H13N3O. The highest BCUT2D eigenvalue weighted by atomic mass is 16.1. The molecule has 1 aromatic rings. The molecule has 0 aliphatic carbocycles. The Balaban J connectivity index is 2.61. The Bertz CT molecular complexity index is 373. The molecule has 0 saturated carbocycles. The summed E-state index contributed by atoms with van der Waals surface area (Å²) in [6.45, 7) is 2.31. The third kappa shape index (κ3) is 2.36. The molecule has 0 unspecified atom stereocenters. The number of aryl methyl sites for hydroxylation is 2. The van der Waals surface area contributed by atoms with E-state index in [9.17, 15) is 4.79 Å². The van der Waals surface area contributed by atoms with Gasteiger partial charge in [0.05, 0.1) is 11.3 Å². The molecule has 0 aliphatic heterocycles. The lowest BCUT2D eigenvalue weighted by atomic mass is 10.2. The average Bonchev–Trinajstić information content (AvgIpc) is 2.45. The van der Waals surface area contributed by atoms with Gasteiger partial charge in [-0.25, -0.2) is 0 Å². The van der Waals surface area contributed by atoms with E-state index in [1.165, 1.54) is 0 Å². The molecule has 0 aliphatic rings. The monoisotopic (exact) mass is 191 g/mol. The fourth-order valence-corrected chi connectivity index (χ4v) is 1.17. The van der Waals surface area contributed by atoms with E-state index in [0.29, 0.717) is 18.5 Å². The molecule has 1 N–H and O–H groups in total. The summed E-state index contributed by atoms with van der Waals surface area (Å²) in [5.74, 6) is 2.34. The summed E-state index contributed by atoms with van der Waals surface area (Å²) < 4.78 is 1.62. The van der Waals surface area contributed by atoms with Gasteiger partial charge in [0, 0.05) is 26.2 Å². The van der Waals surface area contributed by atoms with Crippen LogP contribution in [-0.4, -0.2) is 22.2 Å². The van der Waals surface area contributed by atoms with E-state index in [1.54, 1.807) is 24.9 Å². The molecule has 0 saturated heterocycles. The topological polar surface area (TPSA) is 46.9 Å². The number of nitrogens with zero attached hydrogens (tertiary/aromatic N) is 2. The molecule has 0 spiro atoms. The van der Waals surface area contributed by atoms with Crippen molar-refractivity contribution < 1.29 is 4.79 Å². The van der Waals surface area contributed by atoms with Crippen LogP contribution in [-0.2, 0) is 7.05 Å². The van der Waals surface area contributed by atoms with Crippen LogP contribution in [0.5, 0.6) is 0 Å². The quantitative estimate of drug-likeness (QED) is 0.558.